The van der Waals surface area contributed by atoms with E-state index in [4.69, 9.17) is 0 Å². The second-order valence-corrected chi connectivity index (χ2v) is 6.11. The molecule has 1 aromatic carbocycles. The van der Waals surface area contributed by atoms with Gasteiger partial charge in [-0.05, 0) is 37.3 Å². The predicted octanol–water partition coefficient (Wildman–Crippen LogP) is 3.44. The standard InChI is InChI=1S/C18H27N3/c1-14(2)19-13-17(16-8-6-5-7-9-16)10-11-18-12-15(3)20-21(18)4/h5-9,12,14,17,19H,10-11,13H2,1-4H3. The Kier molecular flexibility index (Phi) is 5.57. The van der Waals surface area contributed by atoms with Gasteiger partial charge in [0, 0.05) is 25.3 Å². The average molecular weight is 285 g/mol. The second kappa shape index (κ2) is 7.41. The summed E-state index contributed by atoms with van der Waals surface area (Å²) in [5, 5.41) is 8.01. The fraction of sp³-hybridized carbons (Fsp3) is 0.500. The molecule has 1 heterocycles. The van der Waals surface area contributed by atoms with E-state index in [1.54, 1.807) is 0 Å². The summed E-state index contributed by atoms with van der Waals surface area (Å²) in [6.45, 7) is 7.48. The molecule has 1 unspecified atom stereocenters. The van der Waals surface area contributed by atoms with Gasteiger partial charge < -0.3 is 5.32 Å². The van der Waals surface area contributed by atoms with Crippen molar-refractivity contribution in [1.82, 2.24) is 15.1 Å². The lowest BCUT2D eigenvalue weighted by Crippen LogP contribution is -2.28. The molecule has 0 bridgehead atoms. The van der Waals surface area contributed by atoms with Crippen LogP contribution in [0, 0.1) is 6.92 Å². The molecule has 21 heavy (non-hydrogen) atoms. The molecule has 2 aromatic rings. The molecule has 0 saturated heterocycles. The first-order valence-corrected chi connectivity index (χ1v) is 7.84. The molecule has 0 aliphatic carbocycles. The number of benzene rings is 1. The first-order valence-electron chi connectivity index (χ1n) is 7.84. The van der Waals surface area contributed by atoms with Crippen molar-refractivity contribution in [3.8, 4) is 0 Å². The van der Waals surface area contributed by atoms with Gasteiger partial charge in [-0.2, -0.15) is 5.10 Å². The van der Waals surface area contributed by atoms with E-state index in [2.05, 4.69) is 67.6 Å². The van der Waals surface area contributed by atoms with Gasteiger partial charge in [-0.15, -0.1) is 0 Å². The van der Waals surface area contributed by atoms with Crippen LogP contribution in [0.3, 0.4) is 0 Å². The van der Waals surface area contributed by atoms with Crippen molar-refractivity contribution in [1.29, 1.82) is 0 Å². The highest BCUT2D eigenvalue weighted by molar-refractivity contribution is 5.20. The summed E-state index contributed by atoms with van der Waals surface area (Å²) in [6.07, 6.45) is 2.21. The van der Waals surface area contributed by atoms with Crippen molar-refractivity contribution in [2.45, 2.75) is 45.6 Å². The Hall–Kier alpha value is -1.61. The van der Waals surface area contributed by atoms with Crippen molar-refractivity contribution in [3.05, 3.63) is 53.3 Å². The van der Waals surface area contributed by atoms with Crippen molar-refractivity contribution in [2.75, 3.05) is 6.54 Å². The lowest BCUT2D eigenvalue weighted by atomic mass is 9.93. The molecule has 0 aliphatic heterocycles. The first-order chi connectivity index (χ1) is 10.1. The van der Waals surface area contributed by atoms with Crippen LogP contribution in [0.15, 0.2) is 36.4 Å². The molecule has 2 rings (SSSR count). The zero-order valence-corrected chi connectivity index (χ0v) is 13.6. The van der Waals surface area contributed by atoms with E-state index in [0.717, 1.165) is 25.1 Å². The van der Waals surface area contributed by atoms with Crippen LogP contribution in [0.25, 0.3) is 0 Å². The van der Waals surface area contributed by atoms with Gasteiger partial charge in [-0.3, -0.25) is 4.68 Å². The highest BCUT2D eigenvalue weighted by Crippen LogP contribution is 2.21. The Morgan fingerprint density at radius 2 is 1.90 bits per heavy atom. The number of aryl methyl sites for hydroxylation is 3. The van der Waals surface area contributed by atoms with Crippen molar-refractivity contribution < 1.29 is 0 Å². The van der Waals surface area contributed by atoms with Crippen LogP contribution in [-0.4, -0.2) is 22.4 Å². The van der Waals surface area contributed by atoms with E-state index in [1.807, 2.05) is 11.7 Å². The van der Waals surface area contributed by atoms with Gasteiger partial charge >= 0.3 is 0 Å². The quantitative estimate of drug-likeness (QED) is 0.844. The summed E-state index contributed by atoms with van der Waals surface area (Å²) in [6, 6.07) is 13.5. The third kappa shape index (κ3) is 4.71. The van der Waals surface area contributed by atoms with Crippen LogP contribution in [0.5, 0.6) is 0 Å². The molecule has 0 amide bonds. The molecule has 3 heteroatoms. The molecule has 114 valence electrons. The van der Waals surface area contributed by atoms with Crippen LogP contribution in [0.4, 0.5) is 0 Å². The highest BCUT2D eigenvalue weighted by Gasteiger charge is 2.13. The molecular formula is C18H27N3. The number of nitrogens with zero attached hydrogens (tertiary/aromatic N) is 2. The minimum absolute atomic E-state index is 0.523. The van der Waals surface area contributed by atoms with Crippen LogP contribution < -0.4 is 5.32 Å². The Morgan fingerprint density at radius 1 is 1.19 bits per heavy atom. The van der Waals surface area contributed by atoms with Crippen molar-refractivity contribution >= 4 is 0 Å². The second-order valence-electron chi connectivity index (χ2n) is 6.11. The average Bonchev–Trinajstić information content (AvgIpc) is 2.78. The molecular weight excluding hydrogens is 258 g/mol. The lowest BCUT2D eigenvalue weighted by molar-refractivity contribution is 0.503. The van der Waals surface area contributed by atoms with Gasteiger partial charge in [-0.1, -0.05) is 44.2 Å². The monoisotopic (exact) mass is 285 g/mol. The third-order valence-electron chi connectivity index (χ3n) is 3.89. The Bertz CT molecular complexity index is 543. The van der Waals surface area contributed by atoms with Crippen molar-refractivity contribution in [3.63, 3.8) is 0 Å². The minimum Gasteiger partial charge on any atom is -0.314 e. The van der Waals surface area contributed by atoms with Crippen LogP contribution in [0.2, 0.25) is 0 Å². The van der Waals surface area contributed by atoms with Crippen LogP contribution >= 0.6 is 0 Å². The molecule has 0 radical (unpaired) electrons. The summed E-state index contributed by atoms with van der Waals surface area (Å²) in [5.41, 5.74) is 3.84. The number of aromatic nitrogens is 2. The normalized spacial score (nSPS) is 12.8. The lowest BCUT2D eigenvalue weighted by Gasteiger charge is -2.20. The molecule has 1 aromatic heterocycles. The van der Waals surface area contributed by atoms with Gasteiger partial charge in [0.25, 0.3) is 0 Å². The molecule has 1 atom stereocenters. The SMILES string of the molecule is Cc1cc(CCC(CNC(C)C)c2ccccc2)n(C)n1. The zero-order chi connectivity index (χ0) is 15.2. The fourth-order valence-electron chi connectivity index (χ4n) is 2.71. The maximum atomic E-state index is 4.44. The number of nitrogens with one attached hydrogen (secondary N) is 1. The van der Waals surface area contributed by atoms with Gasteiger partial charge in [0.2, 0.25) is 0 Å². The number of rotatable bonds is 7. The fourth-order valence-corrected chi connectivity index (χ4v) is 2.71. The van der Waals surface area contributed by atoms with Gasteiger partial charge in [-0.25, -0.2) is 0 Å². The van der Waals surface area contributed by atoms with Crippen LogP contribution in [0.1, 0.15) is 43.1 Å². The maximum absolute atomic E-state index is 4.44. The molecule has 1 N–H and O–H groups in total. The molecule has 0 aliphatic rings. The molecule has 0 saturated carbocycles. The first kappa shape index (κ1) is 15.8. The van der Waals surface area contributed by atoms with Gasteiger partial charge in [0.15, 0.2) is 0 Å². The minimum atomic E-state index is 0.523. The van der Waals surface area contributed by atoms with E-state index < -0.39 is 0 Å². The Labute approximate surface area is 128 Å². The molecule has 3 nitrogen and oxygen atoms in total. The van der Waals surface area contributed by atoms with Gasteiger partial charge in [0.05, 0.1) is 5.69 Å². The summed E-state index contributed by atoms with van der Waals surface area (Å²) in [4.78, 5) is 0. The van der Waals surface area contributed by atoms with Crippen molar-refractivity contribution in [2.24, 2.45) is 7.05 Å². The van der Waals surface area contributed by atoms with E-state index in [-0.39, 0.29) is 0 Å². The Morgan fingerprint density at radius 3 is 2.48 bits per heavy atom. The summed E-state index contributed by atoms with van der Waals surface area (Å²) >= 11 is 0. The largest absolute Gasteiger partial charge is 0.314 e. The highest BCUT2D eigenvalue weighted by atomic mass is 15.3. The predicted molar refractivity (Wildman–Crippen MR) is 88.6 cm³/mol. The zero-order valence-electron chi connectivity index (χ0n) is 13.6. The topological polar surface area (TPSA) is 29.9 Å². The number of hydrogen-bond acceptors (Lipinski definition) is 2. The maximum Gasteiger partial charge on any atom is 0.0596 e. The van der Waals surface area contributed by atoms with E-state index >= 15 is 0 Å². The van der Waals surface area contributed by atoms with Gasteiger partial charge in [0.1, 0.15) is 0 Å². The summed E-state index contributed by atoms with van der Waals surface area (Å²) < 4.78 is 2.01. The third-order valence-corrected chi connectivity index (χ3v) is 3.89. The van der Waals surface area contributed by atoms with E-state index in [9.17, 15) is 0 Å². The van der Waals surface area contributed by atoms with E-state index in [0.29, 0.717) is 12.0 Å². The summed E-state index contributed by atoms with van der Waals surface area (Å²) in [5.74, 6) is 0.545. The molecule has 0 fully saturated rings. The number of hydrogen-bond donors (Lipinski definition) is 1. The Balaban J connectivity index is 2.03. The smallest absolute Gasteiger partial charge is 0.0596 e. The summed E-state index contributed by atoms with van der Waals surface area (Å²) in [7, 11) is 2.03. The molecule has 0 spiro atoms. The van der Waals surface area contributed by atoms with E-state index in [1.165, 1.54) is 11.3 Å². The van der Waals surface area contributed by atoms with Crippen LogP contribution in [-0.2, 0) is 13.5 Å².